The van der Waals surface area contributed by atoms with Crippen LogP contribution in [-0.4, -0.2) is 11.5 Å². The van der Waals surface area contributed by atoms with E-state index in [-0.39, 0.29) is 0 Å². The summed E-state index contributed by atoms with van der Waals surface area (Å²) in [6.45, 7) is 3.79. The Morgan fingerprint density at radius 3 is 3.00 bits per heavy atom. The quantitative estimate of drug-likeness (QED) is 0.816. The maximum atomic E-state index is 5.83. The molecule has 4 nitrogen and oxygen atoms in total. The molecule has 0 saturated heterocycles. The van der Waals surface area contributed by atoms with Crippen molar-refractivity contribution in [2.24, 2.45) is 0 Å². The molecule has 86 valence electrons. The second kappa shape index (κ2) is 5.18. The van der Waals surface area contributed by atoms with Gasteiger partial charge >= 0.3 is 0 Å². The minimum Gasteiger partial charge on any atom is -0.452 e. The molecule has 0 saturated carbocycles. The predicted octanol–water partition coefficient (Wildman–Crippen LogP) is 3.09. The first kappa shape index (κ1) is 11.2. The Hall–Kier alpha value is -1.26. The zero-order valence-electron chi connectivity index (χ0n) is 9.00. The standard InChI is InChI=1S/C11H13ClN2O2/c1-2-4-13-6-8-7-16-11(14-8)9-3-5-15-10(9)12/h3,5,7,13H,2,4,6H2,1H3. The molecule has 0 aliphatic carbocycles. The highest BCUT2D eigenvalue weighted by molar-refractivity contribution is 6.31. The van der Waals surface area contributed by atoms with Crippen molar-refractivity contribution in [2.45, 2.75) is 19.9 Å². The zero-order valence-corrected chi connectivity index (χ0v) is 9.75. The number of nitrogens with zero attached hydrogens (tertiary/aromatic N) is 1. The van der Waals surface area contributed by atoms with Gasteiger partial charge in [0.15, 0.2) is 0 Å². The number of furan rings is 1. The Morgan fingerprint density at radius 2 is 2.31 bits per heavy atom. The van der Waals surface area contributed by atoms with Gasteiger partial charge in [-0.2, -0.15) is 0 Å². The Morgan fingerprint density at radius 1 is 1.44 bits per heavy atom. The van der Waals surface area contributed by atoms with Crippen molar-refractivity contribution in [3.8, 4) is 11.5 Å². The molecule has 0 aromatic carbocycles. The van der Waals surface area contributed by atoms with E-state index in [4.69, 9.17) is 20.4 Å². The lowest BCUT2D eigenvalue weighted by atomic mass is 10.3. The van der Waals surface area contributed by atoms with Gasteiger partial charge in [-0.1, -0.05) is 6.92 Å². The van der Waals surface area contributed by atoms with E-state index in [9.17, 15) is 0 Å². The van der Waals surface area contributed by atoms with Gasteiger partial charge in [0.1, 0.15) is 6.26 Å². The van der Waals surface area contributed by atoms with Gasteiger partial charge in [-0.3, -0.25) is 0 Å². The topological polar surface area (TPSA) is 51.2 Å². The van der Waals surface area contributed by atoms with Gasteiger partial charge < -0.3 is 14.2 Å². The SMILES string of the molecule is CCCNCc1coc(-c2ccoc2Cl)n1. The summed E-state index contributed by atoms with van der Waals surface area (Å²) in [6, 6.07) is 1.73. The first-order chi connectivity index (χ1) is 7.81. The molecule has 0 fully saturated rings. The third kappa shape index (κ3) is 2.46. The highest BCUT2D eigenvalue weighted by atomic mass is 35.5. The molecule has 0 atom stereocenters. The maximum absolute atomic E-state index is 5.83. The normalized spacial score (nSPS) is 10.9. The first-order valence-electron chi connectivity index (χ1n) is 5.19. The zero-order chi connectivity index (χ0) is 11.4. The molecule has 2 heterocycles. The molecule has 2 rings (SSSR count). The Balaban J connectivity index is 2.05. The van der Waals surface area contributed by atoms with E-state index in [1.54, 1.807) is 12.3 Å². The predicted molar refractivity (Wildman–Crippen MR) is 61.2 cm³/mol. The molecule has 0 bridgehead atoms. The van der Waals surface area contributed by atoms with E-state index in [2.05, 4.69) is 17.2 Å². The van der Waals surface area contributed by atoms with E-state index in [0.717, 1.165) is 18.7 Å². The van der Waals surface area contributed by atoms with Gasteiger partial charge in [-0.25, -0.2) is 4.98 Å². The maximum Gasteiger partial charge on any atom is 0.231 e. The van der Waals surface area contributed by atoms with Crippen LogP contribution in [0.25, 0.3) is 11.5 Å². The van der Waals surface area contributed by atoms with E-state index in [1.807, 2.05) is 0 Å². The molecular weight excluding hydrogens is 228 g/mol. The van der Waals surface area contributed by atoms with Crippen molar-refractivity contribution in [3.63, 3.8) is 0 Å². The summed E-state index contributed by atoms with van der Waals surface area (Å²) in [5.41, 5.74) is 1.55. The fourth-order valence-electron chi connectivity index (χ4n) is 1.35. The van der Waals surface area contributed by atoms with Crippen molar-refractivity contribution < 1.29 is 8.83 Å². The van der Waals surface area contributed by atoms with E-state index in [1.165, 1.54) is 6.26 Å². The summed E-state index contributed by atoms with van der Waals surface area (Å²) in [7, 11) is 0. The monoisotopic (exact) mass is 240 g/mol. The summed E-state index contributed by atoms with van der Waals surface area (Å²) in [5, 5.41) is 3.55. The number of rotatable bonds is 5. The number of oxazole rings is 1. The molecule has 0 aliphatic heterocycles. The largest absolute Gasteiger partial charge is 0.452 e. The lowest BCUT2D eigenvalue weighted by molar-refractivity contribution is 0.557. The van der Waals surface area contributed by atoms with Gasteiger partial charge in [0.05, 0.1) is 17.5 Å². The van der Waals surface area contributed by atoms with Crippen LogP contribution in [0.5, 0.6) is 0 Å². The molecule has 0 aliphatic rings. The third-order valence-electron chi connectivity index (χ3n) is 2.13. The van der Waals surface area contributed by atoms with Crippen LogP contribution in [0.3, 0.4) is 0 Å². The number of halogens is 1. The molecule has 1 N–H and O–H groups in total. The number of hydrogen-bond acceptors (Lipinski definition) is 4. The Kier molecular flexibility index (Phi) is 3.64. The van der Waals surface area contributed by atoms with Crippen LogP contribution >= 0.6 is 11.6 Å². The summed E-state index contributed by atoms with van der Waals surface area (Å²) in [4.78, 5) is 4.31. The average molecular weight is 241 g/mol. The van der Waals surface area contributed by atoms with Crippen LogP contribution < -0.4 is 5.32 Å². The number of aromatic nitrogens is 1. The Labute approximate surface area is 98.6 Å². The minimum atomic E-state index is 0.301. The number of hydrogen-bond donors (Lipinski definition) is 1. The smallest absolute Gasteiger partial charge is 0.231 e. The Bertz CT molecular complexity index is 450. The second-order valence-electron chi connectivity index (χ2n) is 3.43. The van der Waals surface area contributed by atoms with Gasteiger partial charge in [-0.05, 0) is 30.6 Å². The van der Waals surface area contributed by atoms with Crippen LogP contribution in [0.4, 0.5) is 0 Å². The number of nitrogens with one attached hydrogen (secondary N) is 1. The van der Waals surface area contributed by atoms with Crippen molar-refractivity contribution >= 4 is 11.6 Å². The fourth-order valence-corrected chi connectivity index (χ4v) is 1.55. The van der Waals surface area contributed by atoms with Crippen LogP contribution in [0.1, 0.15) is 19.0 Å². The lowest BCUT2D eigenvalue weighted by Gasteiger charge is -1.96. The highest BCUT2D eigenvalue weighted by Crippen LogP contribution is 2.27. The molecule has 2 aromatic heterocycles. The third-order valence-corrected chi connectivity index (χ3v) is 2.43. The van der Waals surface area contributed by atoms with Crippen LogP contribution in [0.2, 0.25) is 5.22 Å². The van der Waals surface area contributed by atoms with Crippen molar-refractivity contribution in [1.29, 1.82) is 0 Å². The van der Waals surface area contributed by atoms with E-state index < -0.39 is 0 Å². The first-order valence-corrected chi connectivity index (χ1v) is 5.57. The van der Waals surface area contributed by atoms with Crippen molar-refractivity contribution in [2.75, 3.05) is 6.54 Å². The molecule has 16 heavy (non-hydrogen) atoms. The molecule has 0 amide bonds. The second-order valence-corrected chi connectivity index (χ2v) is 3.77. The van der Waals surface area contributed by atoms with Crippen molar-refractivity contribution in [1.82, 2.24) is 10.3 Å². The van der Waals surface area contributed by atoms with Gasteiger partial charge in [0, 0.05) is 6.54 Å². The average Bonchev–Trinajstić information content (AvgIpc) is 2.87. The van der Waals surface area contributed by atoms with E-state index >= 15 is 0 Å². The summed E-state index contributed by atoms with van der Waals surface area (Å²) in [5.74, 6) is 0.493. The molecule has 2 aromatic rings. The molecule has 0 spiro atoms. The molecule has 0 radical (unpaired) electrons. The van der Waals surface area contributed by atoms with Crippen LogP contribution in [-0.2, 0) is 6.54 Å². The van der Waals surface area contributed by atoms with Gasteiger partial charge in [-0.15, -0.1) is 0 Å². The molecule has 0 unspecified atom stereocenters. The minimum absolute atomic E-state index is 0.301. The lowest BCUT2D eigenvalue weighted by Crippen LogP contribution is -2.13. The molecular formula is C11H13ClN2O2. The van der Waals surface area contributed by atoms with Gasteiger partial charge in [0.25, 0.3) is 0 Å². The summed E-state index contributed by atoms with van der Waals surface area (Å²) < 4.78 is 10.3. The summed E-state index contributed by atoms with van der Waals surface area (Å²) >= 11 is 5.83. The fraction of sp³-hybridized carbons (Fsp3) is 0.364. The van der Waals surface area contributed by atoms with Crippen LogP contribution in [0.15, 0.2) is 27.4 Å². The molecule has 5 heteroatoms. The van der Waals surface area contributed by atoms with E-state index in [0.29, 0.717) is 23.2 Å². The highest BCUT2D eigenvalue weighted by Gasteiger charge is 2.12. The van der Waals surface area contributed by atoms with Crippen molar-refractivity contribution in [3.05, 3.63) is 29.5 Å². The van der Waals surface area contributed by atoms with Gasteiger partial charge in [0.2, 0.25) is 11.1 Å². The summed E-state index contributed by atoms with van der Waals surface area (Å²) in [6.07, 6.45) is 4.23. The van der Waals surface area contributed by atoms with Crippen LogP contribution in [0, 0.1) is 0 Å².